The minimum absolute atomic E-state index is 0.791. The molecule has 0 saturated carbocycles. The zero-order chi connectivity index (χ0) is 7.82. The monoisotopic (exact) mass is 254 g/mol. The van der Waals surface area contributed by atoms with Crippen LogP contribution in [0.3, 0.4) is 0 Å². The SMILES string of the molecule is CC(C)CCCN=NCI. The molecule has 0 radical (unpaired) electrons. The van der Waals surface area contributed by atoms with Crippen LogP contribution in [0.15, 0.2) is 10.2 Å². The summed E-state index contributed by atoms with van der Waals surface area (Å²) < 4.78 is 0.791. The lowest BCUT2D eigenvalue weighted by Crippen LogP contribution is -1.88. The van der Waals surface area contributed by atoms with E-state index in [-0.39, 0.29) is 0 Å². The van der Waals surface area contributed by atoms with Gasteiger partial charge < -0.3 is 0 Å². The zero-order valence-corrected chi connectivity index (χ0v) is 8.84. The fourth-order valence-corrected chi connectivity index (χ4v) is 0.895. The predicted octanol–water partition coefficient (Wildman–Crippen LogP) is 3.27. The van der Waals surface area contributed by atoms with Gasteiger partial charge in [0.05, 0.1) is 6.54 Å². The maximum absolute atomic E-state index is 3.98. The summed E-state index contributed by atoms with van der Waals surface area (Å²) in [5, 5.41) is 7.86. The molecule has 0 N–H and O–H groups in total. The van der Waals surface area contributed by atoms with Crippen LogP contribution in [0.2, 0.25) is 0 Å². The van der Waals surface area contributed by atoms with E-state index in [1.165, 1.54) is 12.8 Å². The first-order valence-corrected chi connectivity index (χ1v) is 5.19. The molecule has 0 bridgehead atoms. The van der Waals surface area contributed by atoms with E-state index in [1.807, 2.05) is 0 Å². The predicted molar refractivity (Wildman–Crippen MR) is 52.7 cm³/mol. The van der Waals surface area contributed by atoms with Crippen LogP contribution in [-0.2, 0) is 0 Å². The number of halogens is 1. The first-order valence-electron chi connectivity index (χ1n) is 3.66. The zero-order valence-electron chi connectivity index (χ0n) is 6.68. The Bertz CT molecular complexity index is 91.6. The van der Waals surface area contributed by atoms with Gasteiger partial charge in [-0.3, -0.25) is 0 Å². The maximum Gasteiger partial charge on any atom is 0.111 e. The molecule has 0 heterocycles. The fraction of sp³-hybridized carbons (Fsp3) is 1.00. The number of azo groups is 1. The lowest BCUT2D eigenvalue weighted by molar-refractivity contribution is 0.557. The highest BCUT2D eigenvalue weighted by atomic mass is 127. The van der Waals surface area contributed by atoms with E-state index in [0.29, 0.717) is 0 Å². The normalized spacial score (nSPS) is 11.6. The molecule has 0 aromatic carbocycles. The van der Waals surface area contributed by atoms with Gasteiger partial charge in [-0.2, -0.15) is 10.2 Å². The second-order valence-electron chi connectivity index (χ2n) is 2.66. The van der Waals surface area contributed by atoms with Gasteiger partial charge in [0, 0.05) is 0 Å². The summed E-state index contributed by atoms with van der Waals surface area (Å²) in [6.45, 7) is 5.37. The number of nitrogens with zero attached hydrogens (tertiary/aromatic N) is 2. The Hall–Kier alpha value is 0.330. The van der Waals surface area contributed by atoms with Gasteiger partial charge in [-0.25, -0.2) is 0 Å². The van der Waals surface area contributed by atoms with Gasteiger partial charge in [0.1, 0.15) is 4.55 Å². The molecule has 0 spiro atoms. The third-order valence-corrected chi connectivity index (χ3v) is 1.50. The molecule has 0 aromatic heterocycles. The standard InChI is InChI=1S/C7H15IN2/c1-7(2)4-3-5-9-10-6-8/h7H,3-6H2,1-2H3. The van der Waals surface area contributed by atoms with E-state index in [4.69, 9.17) is 0 Å². The molecule has 0 aliphatic carbocycles. The molecule has 0 rings (SSSR count). The van der Waals surface area contributed by atoms with Crippen molar-refractivity contribution >= 4 is 22.6 Å². The molecule has 0 saturated heterocycles. The summed E-state index contributed by atoms with van der Waals surface area (Å²) in [4.78, 5) is 0. The van der Waals surface area contributed by atoms with Crippen molar-refractivity contribution < 1.29 is 0 Å². The molecule has 0 aliphatic rings. The van der Waals surface area contributed by atoms with Gasteiger partial charge in [0.2, 0.25) is 0 Å². The first kappa shape index (κ1) is 10.3. The Morgan fingerprint density at radius 3 is 2.50 bits per heavy atom. The van der Waals surface area contributed by atoms with Gasteiger partial charge in [-0.15, -0.1) is 0 Å². The maximum atomic E-state index is 3.98. The lowest BCUT2D eigenvalue weighted by atomic mass is 10.1. The van der Waals surface area contributed by atoms with Gasteiger partial charge in [0.25, 0.3) is 0 Å². The Labute approximate surface area is 76.6 Å². The van der Waals surface area contributed by atoms with Crippen molar-refractivity contribution in [3.8, 4) is 0 Å². The summed E-state index contributed by atoms with van der Waals surface area (Å²) in [6.07, 6.45) is 2.44. The molecular formula is C7H15IN2. The van der Waals surface area contributed by atoms with Crippen LogP contribution < -0.4 is 0 Å². The van der Waals surface area contributed by atoms with Gasteiger partial charge in [-0.05, 0) is 18.8 Å². The van der Waals surface area contributed by atoms with Crippen LogP contribution in [0.25, 0.3) is 0 Å². The highest BCUT2D eigenvalue weighted by molar-refractivity contribution is 14.1. The lowest BCUT2D eigenvalue weighted by Gasteiger charge is -1.99. The molecule has 10 heavy (non-hydrogen) atoms. The van der Waals surface area contributed by atoms with Crippen LogP contribution in [0.4, 0.5) is 0 Å². The Morgan fingerprint density at radius 1 is 1.30 bits per heavy atom. The van der Waals surface area contributed by atoms with E-state index in [9.17, 15) is 0 Å². The minimum Gasteiger partial charge on any atom is -0.193 e. The summed E-state index contributed by atoms with van der Waals surface area (Å²) in [5.74, 6) is 0.801. The van der Waals surface area contributed by atoms with Crippen molar-refractivity contribution in [2.45, 2.75) is 26.7 Å². The molecule has 0 unspecified atom stereocenters. The molecule has 0 atom stereocenters. The van der Waals surface area contributed by atoms with Crippen molar-refractivity contribution in [3.63, 3.8) is 0 Å². The van der Waals surface area contributed by atoms with E-state index in [2.05, 4.69) is 46.7 Å². The fourth-order valence-electron chi connectivity index (χ4n) is 0.679. The molecule has 3 heteroatoms. The molecule has 0 amide bonds. The van der Waals surface area contributed by atoms with Crippen molar-refractivity contribution in [2.24, 2.45) is 16.1 Å². The van der Waals surface area contributed by atoms with Crippen LogP contribution in [0.5, 0.6) is 0 Å². The van der Waals surface area contributed by atoms with Crippen molar-refractivity contribution in [2.75, 3.05) is 11.1 Å². The van der Waals surface area contributed by atoms with E-state index >= 15 is 0 Å². The van der Waals surface area contributed by atoms with Crippen LogP contribution in [0, 0.1) is 5.92 Å². The van der Waals surface area contributed by atoms with Crippen LogP contribution >= 0.6 is 22.6 Å². The third kappa shape index (κ3) is 8.33. The molecule has 2 nitrogen and oxygen atoms in total. The first-order chi connectivity index (χ1) is 4.77. The summed E-state index contributed by atoms with van der Waals surface area (Å²) in [5.41, 5.74) is 0. The Morgan fingerprint density at radius 2 is 2.00 bits per heavy atom. The molecule has 0 aromatic rings. The average Bonchev–Trinajstić information content (AvgIpc) is 1.87. The van der Waals surface area contributed by atoms with Crippen LogP contribution in [-0.4, -0.2) is 11.1 Å². The Kier molecular flexibility index (Phi) is 7.68. The largest absolute Gasteiger partial charge is 0.193 e. The molecule has 0 fully saturated rings. The van der Waals surface area contributed by atoms with Gasteiger partial charge in [0.15, 0.2) is 0 Å². The molecular weight excluding hydrogens is 239 g/mol. The van der Waals surface area contributed by atoms with Crippen LogP contribution in [0.1, 0.15) is 26.7 Å². The third-order valence-electron chi connectivity index (χ3n) is 1.19. The summed E-state index contributed by atoms with van der Waals surface area (Å²) in [6, 6.07) is 0. The smallest absolute Gasteiger partial charge is 0.111 e. The highest BCUT2D eigenvalue weighted by Gasteiger charge is 1.91. The second-order valence-corrected chi connectivity index (χ2v) is 3.34. The number of alkyl halides is 1. The number of hydrogen-bond donors (Lipinski definition) is 0. The topological polar surface area (TPSA) is 24.7 Å². The van der Waals surface area contributed by atoms with Gasteiger partial charge in [-0.1, -0.05) is 36.4 Å². The van der Waals surface area contributed by atoms with Crippen molar-refractivity contribution in [1.82, 2.24) is 0 Å². The highest BCUT2D eigenvalue weighted by Crippen LogP contribution is 2.02. The van der Waals surface area contributed by atoms with Crippen molar-refractivity contribution in [3.05, 3.63) is 0 Å². The number of rotatable bonds is 5. The van der Waals surface area contributed by atoms with Crippen molar-refractivity contribution in [1.29, 1.82) is 0 Å². The quantitative estimate of drug-likeness (QED) is 0.236. The summed E-state index contributed by atoms with van der Waals surface area (Å²) >= 11 is 2.19. The Balaban J connectivity index is 2.97. The van der Waals surface area contributed by atoms with E-state index in [1.54, 1.807) is 0 Å². The molecule has 60 valence electrons. The van der Waals surface area contributed by atoms with E-state index < -0.39 is 0 Å². The average molecular weight is 254 g/mol. The van der Waals surface area contributed by atoms with E-state index in [0.717, 1.165) is 17.0 Å². The minimum atomic E-state index is 0.791. The number of hydrogen-bond acceptors (Lipinski definition) is 2. The molecule has 0 aliphatic heterocycles. The summed E-state index contributed by atoms with van der Waals surface area (Å²) in [7, 11) is 0. The second kappa shape index (κ2) is 7.44. The van der Waals surface area contributed by atoms with Gasteiger partial charge >= 0.3 is 0 Å².